The molecule has 0 bridgehead atoms. The summed E-state index contributed by atoms with van der Waals surface area (Å²) in [5.41, 5.74) is -0.407. The summed E-state index contributed by atoms with van der Waals surface area (Å²) in [7, 11) is 0. The minimum absolute atomic E-state index is 0.181. The first kappa shape index (κ1) is 12.5. The van der Waals surface area contributed by atoms with Gasteiger partial charge in [-0.1, -0.05) is 23.2 Å². The van der Waals surface area contributed by atoms with E-state index in [2.05, 4.69) is 15.0 Å². The van der Waals surface area contributed by atoms with Gasteiger partial charge in [-0.25, -0.2) is 19.7 Å². The normalized spacial score (nSPS) is 11.1. The number of nitrogens with zero attached hydrogens (tertiary/aromatic N) is 4. The van der Waals surface area contributed by atoms with Crippen LogP contribution in [-0.2, 0) is 6.54 Å². The highest BCUT2D eigenvalue weighted by Crippen LogP contribution is 2.24. The van der Waals surface area contributed by atoms with E-state index in [1.54, 1.807) is 0 Å². The summed E-state index contributed by atoms with van der Waals surface area (Å²) in [5, 5.41) is 3.46. The van der Waals surface area contributed by atoms with E-state index in [1.165, 1.54) is 28.3 Å². The predicted molar refractivity (Wildman–Crippen MR) is 75.0 cm³/mol. The fourth-order valence-corrected chi connectivity index (χ4v) is 2.88. The van der Waals surface area contributed by atoms with E-state index in [0.29, 0.717) is 16.0 Å². The number of rotatable bonds is 2. The second kappa shape index (κ2) is 4.88. The highest BCUT2D eigenvalue weighted by Gasteiger charge is 2.08. The van der Waals surface area contributed by atoms with Crippen LogP contribution >= 0.6 is 34.5 Å². The Morgan fingerprint density at radius 2 is 2.16 bits per heavy atom. The van der Waals surface area contributed by atoms with Crippen molar-refractivity contribution in [3.63, 3.8) is 0 Å². The van der Waals surface area contributed by atoms with E-state index < -0.39 is 5.69 Å². The molecule has 0 saturated carbocycles. The Labute approximate surface area is 121 Å². The average molecular weight is 313 g/mol. The van der Waals surface area contributed by atoms with E-state index in [1.807, 2.05) is 11.4 Å². The Balaban J connectivity index is 2.05. The predicted octanol–water partition coefficient (Wildman–Crippen LogP) is 2.60. The maximum Gasteiger partial charge on any atom is 0.348 e. The first-order chi connectivity index (χ1) is 9.13. The summed E-state index contributed by atoms with van der Waals surface area (Å²) in [4.78, 5) is 24.5. The average Bonchev–Trinajstić information content (AvgIpc) is 2.82. The standard InChI is InChI=1S/C11H6Cl2N4OS/c12-6-3-14-11(18)17(4-6)5-8-15-9(13)7-1-2-19-10(7)16-8/h1-4H,5H2. The number of hydrogen-bond donors (Lipinski definition) is 0. The third kappa shape index (κ3) is 2.47. The molecule has 0 N–H and O–H groups in total. The lowest BCUT2D eigenvalue weighted by molar-refractivity contribution is 0.694. The summed E-state index contributed by atoms with van der Waals surface area (Å²) in [5.74, 6) is 0.450. The quantitative estimate of drug-likeness (QED) is 0.682. The van der Waals surface area contributed by atoms with Crippen LogP contribution in [0.5, 0.6) is 0 Å². The molecule has 0 saturated heterocycles. The molecular weight excluding hydrogens is 307 g/mol. The van der Waals surface area contributed by atoms with Crippen molar-refractivity contribution in [2.24, 2.45) is 0 Å². The van der Waals surface area contributed by atoms with Gasteiger partial charge in [0.1, 0.15) is 9.98 Å². The molecule has 5 nitrogen and oxygen atoms in total. The van der Waals surface area contributed by atoms with Crippen LogP contribution in [0, 0.1) is 0 Å². The third-order valence-electron chi connectivity index (χ3n) is 2.46. The molecule has 3 aromatic heterocycles. The van der Waals surface area contributed by atoms with Crippen molar-refractivity contribution in [2.45, 2.75) is 6.54 Å². The summed E-state index contributed by atoms with van der Waals surface area (Å²) in [6, 6.07) is 1.86. The molecule has 19 heavy (non-hydrogen) atoms. The summed E-state index contributed by atoms with van der Waals surface area (Å²) >= 11 is 13.3. The lowest BCUT2D eigenvalue weighted by atomic mass is 10.4. The lowest BCUT2D eigenvalue weighted by Gasteiger charge is -2.04. The van der Waals surface area contributed by atoms with Gasteiger partial charge in [0, 0.05) is 11.6 Å². The summed E-state index contributed by atoms with van der Waals surface area (Å²) in [6.07, 6.45) is 2.80. The fourth-order valence-electron chi connectivity index (χ4n) is 1.63. The number of halogens is 2. The second-order valence-corrected chi connectivity index (χ2v) is 5.44. The van der Waals surface area contributed by atoms with Gasteiger partial charge in [0.15, 0.2) is 5.82 Å². The topological polar surface area (TPSA) is 60.7 Å². The van der Waals surface area contributed by atoms with E-state index >= 15 is 0 Å². The molecule has 3 rings (SSSR count). The van der Waals surface area contributed by atoms with Gasteiger partial charge in [0.2, 0.25) is 0 Å². The van der Waals surface area contributed by atoms with Gasteiger partial charge in [-0.2, -0.15) is 0 Å². The first-order valence-electron chi connectivity index (χ1n) is 5.25. The van der Waals surface area contributed by atoms with Crippen molar-refractivity contribution in [3.05, 3.63) is 50.3 Å². The van der Waals surface area contributed by atoms with Crippen LogP contribution in [-0.4, -0.2) is 19.5 Å². The molecule has 3 aromatic rings. The molecule has 0 atom stereocenters. The fraction of sp³-hybridized carbons (Fsp3) is 0.0909. The Hall–Kier alpha value is -1.50. The monoisotopic (exact) mass is 312 g/mol. The summed E-state index contributed by atoms with van der Waals surface area (Å²) in [6.45, 7) is 0.181. The van der Waals surface area contributed by atoms with Crippen LogP contribution in [0.4, 0.5) is 0 Å². The second-order valence-electron chi connectivity index (χ2n) is 3.75. The molecule has 0 aliphatic rings. The summed E-state index contributed by atoms with van der Waals surface area (Å²) < 4.78 is 1.34. The van der Waals surface area contributed by atoms with E-state index in [0.717, 1.165) is 10.2 Å². The lowest BCUT2D eigenvalue weighted by Crippen LogP contribution is -2.23. The molecule has 0 aliphatic heterocycles. The van der Waals surface area contributed by atoms with Gasteiger partial charge in [-0.15, -0.1) is 11.3 Å². The Bertz CT molecular complexity index is 814. The molecule has 0 fully saturated rings. The van der Waals surface area contributed by atoms with E-state index in [-0.39, 0.29) is 6.54 Å². The maximum absolute atomic E-state index is 11.6. The van der Waals surface area contributed by atoms with Gasteiger partial charge in [-0.05, 0) is 11.4 Å². The molecule has 96 valence electrons. The van der Waals surface area contributed by atoms with Crippen molar-refractivity contribution in [1.29, 1.82) is 0 Å². The zero-order chi connectivity index (χ0) is 13.4. The molecule has 0 amide bonds. The highest BCUT2D eigenvalue weighted by molar-refractivity contribution is 7.16. The maximum atomic E-state index is 11.6. The molecule has 8 heteroatoms. The zero-order valence-electron chi connectivity index (χ0n) is 9.38. The molecule has 3 heterocycles. The molecule has 0 aliphatic carbocycles. The minimum Gasteiger partial charge on any atom is -0.290 e. The van der Waals surface area contributed by atoms with Crippen LogP contribution in [0.25, 0.3) is 10.2 Å². The van der Waals surface area contributed by atoms with Crippen molar-refractivity contribution in [1.82, 2.24) is 19.5 Å². The highest BCUT2D eigenvalue weighted by atomic mass is 35.5. The molecule has 0 spiro atoms. The third-order valence-corrected chi connectivity index (χ3v) is 3.75. The van der Waals surface area contributed by atoms with Gasteiger partial charge < -0.3 is 0 Å². The molecule has 0 unspecified atom stereocenters. The Morgan fingerprint density at radius 3 is 3.00 bits per heavy atom. The largest absolute Gasteiger partial charge is 0.348 e. The minimum atomic E-state index is -0.407. The van der Waals surface area contributed by atoms with Crippen LogP contribution in [0.1, 0.15) is 5.82 Å². The smallest absolute Gasteiger partial charge is 0.290 e. The number of aromatic nitrogens is 4. The van der Waals surface area contributed by atoms with Crippen molar-refractivity contribution >= 4 is 44.8 Å². The van der Waals surface area contributed by atoms with E-state index in [9.17, 15) is 4.79 Å². The van der Waals surface area contributed by atoms with Crippen LogP contribution in [0.15, 0.2) is 28.6 Å². The Morgan fingerprint density at radius 1 is 1.32 bits per heavy atom. The molecule has 0 radical (unpaired) electrons. The zero-order valence-corrected chi connectivity index (χ0v) is 11.7. The van der Waals surface area contributed by atoms with E-state index in [4.69, 9.17) is 23.2 Å². The molecular formula is C11H6Cl2N4OS. The SMILES string of the molecule is O=c1ncc(Cl)cn1Cc1nc(Cl)c2ccsc2n1. The van der Waals surface area contributed by atoms with Gasteiger partial charge in [-0.3, -0.25) is 4.57 Å². The van der Waals surface area contributed by atoms with Crippen molar-refractivity contribution < 1.29 is 0 Å². The van der Waals surface area contributed by atoms with Crippen molar-refractivity contribution in [3.8, 4) is 0 Å². The van der Waals surface area contributed by atoms with Gasteiger partial charge in [0.05, 0.1) is 17.8 Å². The number of fused-ring (bicyclic) bond motifs is 1. The number of thiophene rings is 1. The first-order valence-corrected chi connectivity index (χ1v) is 6.88. The Kier molecular flexibility index (Phi) is 3.22. The van der Waals surface area contributed by atoms with Crippen molar-refractivity contribution in [2.75, 3.05) is 0 Å². The number of hydrogen-bond acceptors (Lipinski definition) is 5. The van der Waals surface area contributed by atoms with Gasteiger partial charge in [0.25, 0.3) is 0 Å². The van der Waals surface area contributed by atoms with Gasteiger partial charge >= 0.3 is 5.69 Å². The van der Waals surface area contributed by atoms with Crippen LogP contribution in [0.3, 0.4) is 0 Å². The molecule has 0 aromatic carbocycles. The van der Waals surface area contributed by atoms with Crippen LogP contribution < -0.4 is 5.69 Å². The van der Waals surface area contributed by atoms with Crippen LogP contribution in [0.2, 0.25) is 10.2 Å².